The molecule has 2 rings (SSSR count). The molecule has 0 aliphatic heterocycles. The van der Waals surface area contributed by atoms with Gasteiger partial charge in [0, 0.05) is 18.9 Å². The number of hydrogen-bond donors (Lipinski definition) is 1. The lowest BCUT2D eigenvalue weighted by molar-refractivity contribution is -0.127. The summed E-state index contributed by atoms with van der Waals surface area (Å²) >= 11 is 0. The summed E-state index contributed by atoms with van der Waals surface area (Å²) < 4.78 is 5.67. The van der Waals surface area contributed by atoms with Crippen LogP contribution in [-0.2, 0) is 11.3 Å². The van der Waals surface area contributed by atoms with E-state index in [1.54, 1.807) is 19.3 Å². The Labute approximate surface area is 131 Å². The second kappa shape index (κ2) is 7.59. The standard InChI is InChI=1S/C18H22N2O2/c1-13(2)16-6-8-17(9-7-16)22-14(3)18(21)20-12-15-5-4-10-19-11-15/h4-11,13-14H,12H2,1-3H3,(H,20,21)/t14-/m0/s1. The molecule has 1 atom stereocenters. The third-order valence-electron chi connectivity index (χ3n) is 3.42. The number of aromatic nitrogens is 1. The number of carbonyl (C=O) groups excluding carboxylic acids is 1. The molecule has 1 heterocycles. The summed E-state index contributed by atoms with van der Waals surface area (Å²) in [5, 5.41) is 2.84. The molecule has 1 amide bonds. The fourth-order valence-corrected chi connectivity index (χ4v) is 2.02. The van der Waals surface area contributed by atoms with Crippen LogP contribution in [0.2, 0.25) is 0 Å². The largest absolute Gasteiger partial charge is 0.481 e. The Balaban J connectivity index is 1.85. The van der Waals surface area contributed by atoms with Crippen molar-refractivity contribution in [3.05, 3.63) is 59.9 Å². The van der Waals surface area contributed by atoms with E-state index in [0.29, 0.717) is 18.2 Å². The first-order valence-corrected chi connectivity index (χ1v) is 7.49. The first-order valence-electron chi connectivity index (χ1n) is 7.49. The van der Waals surface area contributed by atoms with Crippen molar-refractivity contribution in [3.63, 3.8) is 0 Å². The summed E-state index contributed by atoms with van der Waals surface area (Å²) in [5.41, 5.74) is 2.21. The smallest absolute Gasteiger partial charge is 0.261 e. The van der Waals surface area contributed by atoms with E-state index in [-0.39, 0.29) is 5.91 Å². The second-order valence-electron chi connectivity index (χ2n) is 5.56. The van der Waals surface area contributed by atoms with E-state index in [4.69, 9.17) is 4.74 Å². The zero-order valence-corrected chi connectivity index (χ0v) is 13.2. The lowest BCUT2D eigenvalue weighted by Gasteiger charge is -2.15. The van der Waals surface area contributed by atoms with E-state index in [1.165, 1.54) is 5.56 Å². The summed E-state index contributed by atoms with van der Waals surface area (Å²) in [6, 6.07) is 11.6. The number of amides is 1. The molecule has 4 heteroatoms. The molecule has 0 saturated carbocycles. The molecule has 0 aliphatic carbocycles. The molecule has 0 aliphatic rings. The first kappa shape index (κ1) is 16.0. The molecule has 2 aromatic rings. The molecule has 1 N–H and O–H groups in total. The van der Waals surface area contributed by atoms with Gasteiger partial charge < -0.3 is 10.1 Å². The minimum Gasteiger partial charge on any atom is -0.481 e. The number of pyridine rings is 1. The highest BCUT2D eigenvalue weighted by Gasteiger charge is 2.14. The van der Waals surface area contributed by atoms with Crippen LogP contribution in [-0.4, -0.2) is 17.0 Å². The van der Waals surface area contributed by atoms with Crippen molar-refractivity contribution < 1.29 is 9.53 Å². The van der Waals surface area contributed by atoms with Crippen molar-refractivity contribution in [3.8, 4) is 5.75 Å². The molecule has 0 fully saturated rings. The van der Waals surface area contributed by atoms with Crippen LogP contribution in [0.25, 0.3) is 0 Å². The first-order chi connectivity index (χ1) is 10.6. The predicted molar refractivity (Wildman–Crippen MR) is 86.7 cm³/mol. The van der Waals surface area contributed by atoms with Gasteiger partial charge in [-0.25, -0.2) is 0 Å². The molecular weight excluding hydrogens is 276 g/mol. The van der Waals surface area contributed by atoms with E-state index in [2.05, 4.69) is 24.1 Å². The Morgan fingerprint density at radius 3 is 2.50 bits per heavy atom. The molecular formula is C18H22N2O2. The molecule has 0 unspecified atom stereocenters. The average Bonchev–Trinajstić information content (AvgIpc) is 2.54. The number of hydrogen-bond acceptors (Lipinski definition) is 3. The SMILES string of the molecule is CC(C)c1ccc(O[C@@H](C)C(=O)NCc2cccnc2)cc1. The van der Waals surface area contributed by atoms with Gasteiger partial charge in [0.15, 0.2) is 6.10 Å². The van der Waals surface area contributed by atoms with Crippen LogP contribution >= 0.6 is 0 Å². The summed E-state index contributed by atoms with van der Waals surface area (Å²) in [7, 11) is 0. The minimum absolute atomic E-state index is 0.142. The number of rotatable bonds is 6. The lowest BCUT2D eigenvalue weighted by Crippen LogP contribution is -2.35. The normalized spacial score (nSPS) is 12.0. The van der Waals surface area contributed by atoms with Crippen molar-refractivity contribution in [2.75, 3.05) is 0 Å². The zero-order valence-electron chi connectivity index (χ0n) is 13.2. The Hall–Kier alpha value is -2.36. The van der Waals surface area contributed by atoms with Crippen molar-refractivity contribution in [1.29, 1.82) is 0 Å². The van der Waals surface area contributed by atoms with E-state index in [0.717, 1.165) is 5.56 Å². The molecule has 0 saturated heterocycles. The fourth-order valence-electron chi connectivity index (χ4n) is 2.02. The quantitative estimate of drug-likeness (QED) is 0.890. The number of ether oxygens (including phenoxy) is 1. The van der Waals surface area contributed by atoms with Gasteiger partial charge in [-0.05, 0) is 42.2 Å². The Morgan fingerprint density at radius 2 is 1.91 bits per heavy atom. The second-order valence-corrected chi connectivity index (χ2v) is 5.56. The van der Waals surface area contributed by atoms with Crippen LogP contribution < -0.4 is 10.1 Å². The van der Waals surface area contributed by atoms with Crippen LogP contribution in [0, 0.1) is 0 Å². The summed E-state index contributed by atoms with van der Waals surface area (Å²) in [6.07, 6.45) is 2.90. The molecule has 0 bridgehead atoms. The third-order valence-corrected chi connectivity index (χ3v) is 3.42. The Bertz CT molecular complexity index is 594. The molecule has 0 radical (unpaired) electrons. The van der Waals surface area contributed by atoms with Gasteiger partial charge in [-0.3, -0.25) is 9.78 Å². The monoisotopic (exact) mass is 298 g/mol. The maximum atomic E-state index is 12.0. The van der Waals surface area contributed by atoms with Gasteiger partial charge in [0.05, 0.1) is 0 Å². The van der Waals surface area contributed by atoms with Crippen molar-refractivity contribution >= 4 is 5.91 Å². The highest BCUT2D eigenvalue weighted by atomic mass is 16.5. The van der Waals surface area contributed by atoms with Gasteiger partial charge in [0.2, 0.25) is 0 Å². The Morgan fingerprint density at radius 1 is 1.18 bits per heavy atom. The third kappa shape index (κ3) is 4.58. The van der Waals surface area contributed by atoms with Crippen LogP contribution in [0.5, 0.6) is 5.75 Å². The summed E-state index contributed by atoms with van der Waals surface area (Å²) in [5.74, 6) is 1.04. The number of benzene rings is 1. The van der Waals surface area contributed by atoms with Crippen LogP contribution in [0.3, 0.4) is 0 Å². The van der Waals surface area contributed by atoms with Crippen LogP contribution in [0.15, 0.2) is 48.8 Å². The van der Waals surface area contributed by atoms with Gasteiger partial charge >= 0.3 is 0 Å². The highest BCUT2D eigenvalue weighted by molar-refractivity contribution is 5.80. The number of carbonyl (C=O) groups is 1. The number of nitrogens with one attached hydrogen (secondary N) is 1. The van der Waals surface area contributed by atoms with E-state index in [9.17, 15) is 4.79 Å². The molecule has 0 spiro atoms. The summed E-state index contributed by atoms with van der Waals surface area (Å²) in [6.45, 7) is 6.48. The lowest BCUT2D eigenvalue weighted by atomic mass is 10.0. The van der Waals surface area contributed by atoms with Gasteiger partial charge in [0.1, 0.15) is 5.75 Å². The van der Waals surface area contributed by atoms with Crippen molar-refractivity contribution in [2.45, 2.75) is 39.3 Å². The van der Waals surface area contributed by atoms with Crippen molar-refractivity contribution in [1.82, 2.24) is 10.3 Å². The topological polar surface area (TPSA) is 51.2 Å². The van der Waals surface area contributed by atoms with Crippen molar-refractivity contribution in [2.24, 2.45) is 0 Å². The predicted octanol–water partition coefficient (Wildman–Crippen LogP) is 3.29. The van der Waals surface area contributed by atoms with Gasteiger partial charge in [-0.2, -0.15) is 0 Å². The molecule has 22 heavy (non-hydrogen) atoms. The number of nitrogens with zero attached hydrogens (tertiary/aromatic N) is 1. The fraction of sp³-hybridized carbons (Fsp3) is 0.333. The molecule has 1 aromatic heterocycles. The van der Waals surface area contributed by atoms with E-state index in [1.807, 2.05) is 36.4 Å². The Kier molecular flexibility index (Phi) is 5.53. The molecule has 4 nitrogen and oxygen atoms in total. The molecule has 1 aromatic carbocycles. The van der Waals surface area contributed by atoms with Crippen LogP contribution in [0.4, 0.5) is 0 Å². The minimum atomic E-state index is -0.540. The van der Waals surface area contributed by atoms with Gasteiger partial charge in [-0.1, -0.05) is 32.0 Å². The average molecular weight is 298 g/mol. The van der Waals surface area contributed by atoms with Crippen LogP contribution in [0.1, 0.15) is 37.8 Å². The van der Waals surface area contributed by atoms with E-state index < -0.39 is 6.10 Å². The summed E-state index contributed by atoms with van der Waals surface area (Å²) in [4.78, 5) is 16.1. The van der Waals surface area contributed by atoms with Gasteiger partial charge in [0.25, 0.3) is 5.91 Å². The highest BCUT2D eigenvalue weighted by Crippen LogP contribution is 2.19. The zero-order chi connectivity index (χ0) is 15.9. The maximum absolute atomic E-state index is 12.0. The maximum Gasteiger partial charge on any atom is 0.261 e. The molecule has 116 valence electrons. The van der Waals surface area contributed by atoms with Gasteiger partial charge in [-0.15, -0.1) is 0 Å². The van der Waals surface area contributed by atoms with E-state index >= 15 is 0 Å².